The predicted octanol–water partition coefficient (Wildman–Crippen LogP) is 2.93. The fourth-order valence-electron chi connectivity index (χ4n) is 2.77. The smallest absolute Gasteiger partial charge is 0.319 e. The number of hydrogen-bond acceptors (Lipinski definition) is 3. The molecule has 1 aliphatic heterocycles. The second kappa shape index (κ2) is 6.08. The van der Waals surface area contributed by atoms with E-state index in [1.54, 1.807) is 0 Å². The lowest BCUT2D eigenvalue weighted by Crippen LogP contribution is -2.30. The van der Waals surface area contributed by atoms with Gasteiger partial charge < -0.3 is 15.2 Å². The fourth-order valence-corrected chi connectivity index (χ4v) is 3.45. The SMILES string of the molecule is Cc1cc(Br)cc(C)c1NC(=O)NCc1nnc2n1CCC2. The molecule has 2 heterocycles. The molecule has 0 aliphatic carbocycles. The summed E-state index contributed by atoms with van der Waals surface area (Å²) >= 11 is 3.45. The third kappa shape index (κ3) is 2.99. The number of fused-ring (bicyclic) bond motifs is 1. The predicted molar refractivity (Wildman–Crippen MR) is 87.8 cm³/mol. The van der Waals surface area contributed by atoms with Gasteiger partial charge in [0.05, 0.1) is 6.54 Å². The van der Waals surface area contributed by atoms with Crippen LogP contribution in [0.4, 0.5) is 10.5 Å². The van der Waals surface area contributed by atoms with Gasteiger partial charge in [-0.3, -0.25) is 0 Å². The Balaban J connectivity index is 1.63. The Morgan fingerprint density at radius 3 is 2.77 bits per heavy atom. The van der Waals surface area contributed by atoms with Crippen LogP contribution in [-0.4, -0.2) is 20.8 Å². The van der Waals surface area contributed by atoms with Crippen molar-refractivity contribution >= 4 is 27.6 Å². The maximum Gasteiger partial charge on any atom is 0.319 e. The summed E-state index contributed by atoms with van der Waals surface area (Å²) in [5.41, 5.74) is 2.88. The van der Waals surface area contributed by atoms with E-state index >= 15 is 0 Å². The number of hydrogen-bond donors (Lipinski definition) is 2. The second-order valence-corrected chi connectivity index (χ2v) is 6.43. The number of aryl methyl sites for hydroxylation is 3. The number of nitrogens with one attached hydrogen (secondary N) is 2. The van der Waals surface area contributed by atoms with Crippen molar-refractivity contribution in [2.75, 3.05) is 5.32 Å². The number of rotatable bonds is 3. The molecule has 2 N–H and O–H groups in total. The molecule has 0 atom stereocenters. The van der Waals surface area contributed by atoms with Gasteiger partial charge in [0.25, 0.3) is 0 Å². The summed E-state index contributed by atoms with van der Waals surface area (Å²) in [4.78, 5) is 12.1. The zero-order valence-corrected chi connectivity index (χ0v) is 14.2. The lowest BCUT2D eigenvalue weighted by Gasteiger charge is -2.13. The van der Waals surface area contributed by atoms with E-state index in [4.69, 9.17) is 0 Å². The molecular formula is C15H18BrN5O. The van der Waals surface area contributed by atoms with E-state index < -0.39 is 0 Å². The highest BCUT2D eigenvalue weighted by atomic mass is 79.9. The monoisotopic (exact) mass is 363 g/mol. The van der Waals surface area contributed by atoms with Gasteiger partial charge in [0, 0.05) is 23.1 Å². The summed E-state index contributed by atoms with van der Waals surface area (Å²) in [5, 5.41) is 14.0. The van der Waals surface area contributed by atoms with Gasteiger partial charge in [0.15, 0.2) is 5.82 Å². The molecule has 0 unspecified atom stereocenters. The Bertz CT molecular complexity index is 702. The van der Waals surface area contributed by atoms with Gasteiger partial charge in [-0.15, -0.1) is 10.2 Å². The maximum atomic E-state index is 12.1. The van der Waals surface area contributed by atoms with E-state index in [0.29, 0.717) is 6.54 Å². The van der Waals surface area contributed by atoms with E-state index in [1.165, 1.54) is 0 Å². The van der Waals surface area contributed by atoms with Crippen LogP contribution in [0.1, 0.15) is 29.2 Å². The number of anilines is 1. The first-order chi connectivity index (χ1) is 10.5. The molecule has 7 heteroatoms. The highest BCUT2D eigenvalue weighted by Gasteiger charge is 2.17. The summed E-state index contributed by atoms with van der Waals surface area (Å²) in [5.74, 6) is 1.82. The van der Waals surface area contributed by atoms with Crippen LogP contribution < -0.4 is 10.6 Å². The van der Waals surface area contributed by atoms with Crippen molar-refractivity contribution in [1.82, 2.24) is 20.1 Å². The molecule has 0 bridgehead atoms. The van der Waals surface area contributed by atoms with Gasteiger partial charge in [0.1, 0.15) is 5.82 Å². The van der Waals surface area contributed by atoms with Gasteiger partial charge in [-0.2, -0.15) is 0 Å². The minimum absolute atomic E-state index is 0.233. The Morgan fingerprint density at radius 2 is 2.05 bits per heavy atom. The molecule has 1 aromatic carbocycles. The molecule has 6 nitrogen and oxygen atoms in total. The van der Waals surface area contributed by atoms with Crippen LogP contribution in [0.5, 0.6) is 0 Å². The molecule has 3 rings (SSSR count). The second-order valence-electron chi connectivity index (χ2n) is 5.51. The van der Waals surface area contributed by atoms with Crippen molar-refractivity contribution < 1.29 is 4.79 Å². The molecule has 0 saturated carbocycles. The van der Waals surface area contributed by atoms with Gasteiger partial charge in [-0.05, 0) is 43.5 Å². The third-order valence-corrected chi connectivity index (χ3v) is 4.29. The third-order valence-electron chi connectivity index (χ3n) is 3.83. The molecule has 0 radical (unpaired) electrons. The number of carbonyl (C=O) groups is 1. The number of halogens is 1. The molecule has 2 aromatic rings. The average molecular weight is 364 g/mol. The molecule has 0 fully saturated rings. The van der Waals surface area contributed by atoms with Gasteiger partial charge >= 0.3 is 6.03 Å². The quantitative estimate of drug-likeness (QED) is 0.880. The molecule has 0 spiro atoms. The fraction of sp³-hybridized carbons (Fsp3) is 0.400. The van der Waals surface area contributed by atoms with E-state index in [1.807, 2.05) is 26.0 Å². The Labute approximate surface area is 137 Å². The van der Waals surface area contributed by atoms with E-state index in [9.17, 15) is 4.79 Å². The van der Waals surface area contributed by atoms with Crippen molar-refractivity contribution in [2.24, 2.45) is 0 Å². The van der Waals surface area contributed by atoms with Crippen molar-refractivity contribution in [2.45, 2.75) is 39.8 Å². The summed E-state index contributed by atoms with van der Waals surface area (Å²) in [6.45, 7) is 5.26. The highest BCUT2D eigenvalue weighted by Crippen LogP contribution is 2.25. The van der Waals surface area contributed by atoms with Gasteiger partial charge in [-0.25, -0.2) is 4.79 Å². The van der Waals surface area contributed by atoms with E-state index in [0.717, 1.165) is 52.3 Å². The first-order valence-corrected chi connectivity index (χ1v) is 8.06. The van der Waals surface area contributed by atoms with Crippen LogP contribution in [-0.2, 0) is 19.5 Å². The zero-order chi connectivity index (χ0) is 15.7. The standard InChI is InChI=1S/C15H18BrN5O/c1-9-6-11(16)7-10(2)14(9)18-15(22)17-8-13-20-19-12-4-3-5-21(12)13/h6-7H,3-5,8H2,1-2H3,(H2,17,18,22). The summed E-state index contributed by atoms with van der Waals surface area (Å²) in [6, 6.07) is 3.73. The maximum absolute atomic E-state index is 12.1. The number of benzene rings is 1. The lowest BCUT2D eigenvalue weighted by atomic mass is 10.1. The van der Waals surface area contributed by atoms with Gasteiger partial charge in [0.2, 0.25) is 0 Å². The number of nitrogens with zero attached hydrogens (tertiary/aromatic N) is 3. The van der Waals surface area contributed by atoms with Crippen LogP contribution in [0.2, 0.25) is 0 Å². The largest absolute Gasteiger partial charge is 0.331 e. The van der Waals surface area contributed by atoms with Crippen LogP contribution in [0.15, 0.2) is 16.6 Å². The molecule has 1 aromatic heterocycles. The molecule has 116 valence electrons. The minimum Gasteiger partial charge on any atom is -0.331 e. The minimum atomic E-state index is -0.233. The summed E-state index contributed by atoms with van der Waals surface area (Å²) in [7, 11) is 0. The first-order valence-electron chi connectivity index (χ1n) is 7.27. The highest BCUT2D eigenvalue weighted by molar-refractivity contribution is 9.10. The van der Waals surface area contributed by atoms with Crippen molar-refractivity contribution in [3.63, 3.8) is 0 Å². The lowest BCUT2D eigenvalue weighted by molar-refractivity contribution is 0.251. The van der Waals surface area contributed by atoms with Crippen LogP contribution >= 0.6 is 15.9 Å². The molecular weight excluding hydrogens is 346 g/mol. The summed E-state index contributed by atoms with van der Waals surface area (Å²) < 4.78 is 3.09. The average Bonchev–Trinajstić information content (AvgIpc) is 3.04. The molecule has 1 aliphatic rings. The Morgan fingerprint density at radius 1 is 1.32 bits per heavy atom. The number of amides is 2. The van der Waals surface area contributed by atoms with Crippen molar-refractivity contribution in [3.8, 4) is 0 Å². The van der Waals surface area contributed by atoms with E-state index in [-0.39, 0.29) is 6.03 Å². The first kappa shape index (κ1) is 15.0. The normalized spacial score (nSPS) is 13.0. The Hall–Kier alpha value is -1.89. The van der Waals surface area contributed by atoms with Gasteiger partial charge in [-0.1, -0.05) is 15.9 Å². The number of carbonyl (C=O) groups excluding carboxylic acids is 1. The van der Waals surface area contributed by atoms with E-state index in [2.05, 4.69) is 41.3 Å². The topological polar surface area (TPSA) is 71.8 Å². The molecule has 22 heavy (non-hydrogen) atoms. The van der Waals surface area contributed by atoms with Crippen LogP contribution in [0.25, 0.3) is 0 Å². The van der Waals surface area contributed by atoms with Crippen LogP contribution in [0.3, 0.4) is 0 Å². The zero-order valence-electron chi connectivity index (χ0n) is 12.6. The number of urea groups is 1. The summed E-state index contributed by atoms with van der Waals surface area (Å²) in [6.07, 6.45) is 2.07. The van der Waals surface area contributed by atoms with Crippen LogP contribution in [0, 0.1) is 13.8 Å². The Kier molecular flexibility index (Phi) is 4.15. The van der Waals surface area contributed by atoms with Crippen molar-refractivity contribution in [1.29, 1.82) is 0 Å². The molecule has 0 saturated heterocycles. The van der Waals surface area contributed by atoms with Crippen molar-refractivity contribution in [3.05, 3.63) is 39.4 Å². The number of aromatic nitrogens is 3. The molecule has 2 amide bonds.